The summed E-state index contributed by atoms with van der Waals surface area (Å²) in [6.07, 6.45) is 14.0. The van der Waals surface area contributed by atoms with E-state index in [2.05, 4.69) is 58.5 Å². The number of nitrogens with zero attached hydrogens (tertiary/aromatic N) is 3. The number of carbonyl (C=O) groups excluding carboxylic acids is 1. The molecule has 1 aromatic carbocycles. The van der Waals surface area contributed by atoms with Gasteiger partial charge in [-0.3, -0.25) is 9.69 Å². The second-order valence-corrected chi connectivity index (χ2v) is 9.90. The van der Waals surface area contributed by atoms with E-state index < -0.39 is 0 Å². The van der Waals surface area contributed by atoms with Crippen molar-refractivity contribution >= 4 is 5.91 Å². The molecule has 0 unspecified atom stereocenters. The van der Waals surface area contributed by atoms with Gasteiger partial charge in [-0.2, -0.15) is 0 Å². The molecular weight excluding hydrogens is 382 g/mol. The first kappa shape index (κ1) is 22.4. The fourth-order valence-corrected chi connectivity index (χ4v) is 6.25. The highest BCUT2D eigenvalue weighted by Gasteiger charge is 2.33. The van der Waals surface area contributed by atoms with Crippen LogP contribution >= 0.6 is 0 Å². The lowest BCUT2D eigenvalue weighted by Gasteiger charge is -2.45. The summed E-state index contributed by atoms with van der Waals surface area (Å²) in [5.41, 5.74) is 1.37. The molecule has 4 rings (SSSR count). The molecule has 4 heteroatoms. The average Bonchev–Trinajstić information content (AvgIpc) is 2.83. The Bertz CT molecular complexity index is 714. The van der Waals surface area contributed by atoms with Crippen molar-refractivity contribution in [1.29, 1.82) is 0 Å². The standard InChI is InChI=1S/C27H41N3O/c1-3-29-25(15-10-16-26(29)23-11-6-4-7-12-23)17-18-27(31)30-20-19-28(21-22(30)2)24-13-8-5-9-14-24/h3-4,6-7,11-12,22,24-26H,1,5,8-10,13-21H2,2H3/t22-,25+,26-/m0/s1. The number of rotatable bonds is 6. The first-order chi connectivity index (χ1) is 15.2. The maximum absolute atomic E-state index is 13.1. The minimum atomic E-state index is 0.335. The first-order valence-electron chi connectivity index (χ1n) is 12.7. The van der Waals surface area contributed by atoms with Crippen LogP contribution < -0.4 is 0 Å². The Kier molecular flexibility index (Phi) is 7.71. The van der Waals surface area contributed by atoms with Gasteiger partial charge in [0.2, 0.25) is 5.91 Å². The molecule has 0 bridgehead atoms. The molecule has 2 saturated heterocycles. The predicted octanol–water partition coefficient (Wildman–Crippen LogP) is 5.37. The number of benzene rings is 1. The second kappa shape index (κ2) is 10.7. The molecule has 3 aliphatic rings. The van der Waals surface area contributed by atoms with E-state index >= 15 is 0 Å². The highest BCUT2D eigenvalue weighted by Crippen LogP contribution is 2.36. The average molecular weight is 424 g/mol. The van der Waals surface area contributed by atoms with E-state index in [9.17, 15) is 4.79 Å². The van der Waals surface area contributed by atoms with Gasteiger partial charge >= 0.3 is 0 Å². The number of amides is 1. The van der Waals surface area contributed by atoms with Gasteiger partial charge in [-0.15, -0.1) is 0 Å². The first-order valence-corrected chi connectivity index (χ1v) is 12.7. The topological polar surface area (TPSA) is 26.8 Å². The highest BCUT2D eigenvalue weighted by atomic mass is 16.2. The third kappa shape index (κ3) is 5.34. The lowest BCUT2D eigenvalue weighted by Crippen LogP contribution is -2.56. The minimum Gasteiger partial charge on any atom is -0.368 e. The van der Waals surface area contributed by atoms with Crippen molar-refractivity contribution in [2.24, 2.45) is 0 Å². The van der Waals surface area contributed by atoms with Gasteiger partial charge in [0.05, 0.1) is 6.04 Å². The van der Waals surface area contributed by atoms with Crippen LogP contribution in [0.1, 0.15) is 82.7 Å². The zero-order chi connectivity index (χ0) is 21.6. The van der Waals surface area contributed by atoms with Gasteiger partial charge in [-0.05, 0) is 57.2 Å². The minimum absolute atomic E-state index is 0.335. The molecule has 0 aromatic heterocycles. The van der Waals surface area contributed by atoms with Crippen LogP contribution in [-0.2, 0) is 4.79 Å². The van der Waals surface area contributed by atoms with Crippen LogP contribution in [0.4, 0.5) is 0 Å². The molecule has 0 N–H and O–H groups in total. The van der Waals surface area contributed by atoms with Crippen LogP contribution in [0.5, 0.6) is 0 Å². The SMILES string of the molecule is C=CN1[C@@H](CCC(=O)N2CCN(C3CCCCC3)C[C@@H]2C)CCC[C@H]1c1ccccc1. The molecule has 3 atom stereocenters. The maximum atomic E-state index is 13.1. The van der Waals surface area contributed by atoms with Gasteiger partial charge in [-0.25, -0.2) is 0 Å². The summed E-state index contributed by atoms with van der Waals surface area (Å²) >= 11 is 0. The van der Waals surface area contributed by atoms with Gasteiger partial charge < -0.3 is 9.80 Å². The van der Waals surface area contributed by atoms with Crippen LogP contribution in [0.3, 0.4) is 0 Å². The predicted molar refractivity (Wildman–Crippen MR) is 128 cm³/mol. The van der Waals surface area contributed by atoms with Crippen molar-refractivity contribution in [1.82, 2.24) is 14.7 Å². The molecule has 0 radical (unpaired) electrons. The van der Waals surface area contributed by atoms with E-state index in [1.165, 1.54) is 50.5 Å². The van der Waals surface area contributed by atoms with Crippen molar-refractivity contribution in [3.8, 4) is 0 Å². The summed E-state index contributed by atoms with van der Waals surface area (Å²) in [5, 5.41) is 0. The lowest BCUT2D eigenvalue weighted by molar-refractivity contribution is -0.136. The highest BCUT2D eigenvalue weighted by molar-refractivity contribution is 5.76. The number of likely N-dealkylation sites (tertiary alicyclic amines) is 1. The van der Waals surface area contributed by atoms with Crippen molar-refractivity contribution < 1.29 is 4.79 Å². The number of hydrogen-bond acceptors (Lipinski definition) is 3. The molecular formula is C27H41N3O. The molecule has 2 heterocycles. The third-order valence-electron chi connectivity index (χ3n) is 7.95. The van der Waals surface area contributed by atoms with Crippen molar-refractivity contribution in [2.75, 3.05) is 19.6 Å². The lowest BCUT2D eigenvalue weighted by atomic mass is 9.89. The van der Waals surface area contributed by atoms with E-state index in [0.717, 1.165) is 38.5 Å². The number of hydrogen-bond donors (Lipinski definition) is 0. The Morgan fingerprint density at radius 2 is 1.81 bits per heavy atom. The summed E-state index contributed by atoms with van der Waals surface area (Å²) in [5.74, 6) is 0.349. The van der Waals surface area contributed by atoms with Gasteiger partial charge in [0, 0.05) is 44.2 Å². The van der Waals surface area contributed by atoms with Crippen LogP contribution in [-0.4, -0.2) is 58.4 Å². The zero-order valence-corrected chi connectivity index (χ0v) is 19.4. The number of piperidine rings is 1. The van der Waals surface area contributed by atoms with Gasteiger partial charge in [-0.1, -0.05) is 56.2 Å². The summed E-state index contributed by atoms with van der Waals surface area (Å²) < 4.78 is 0. The Hall–Kier alpha value is -1.81. The molecule has 2 aliphatic heterocycles. The van der Waals surface area contributed by atoms with Gasteiger partial charge in [0.15, 0.2) is 0 Å². The number of piperazine rings is 1. The molecule has 31 heavy (non-hydrogen) atoms. The Morgan fingerprint density at radius 1 is 1.03 bits per heavy atom. The summed E-state index contributed by atoms with van der Waals surface area (Å²) in [7, 11) is 0. The van der Waals surface area contributed by atoms with Gasteiger partial charge in [0.25, 0.3) is 0 Å². The summed E-state index contributed by atoms with van der Waals surface area (Å²) in [4.78, 5) is 20.4. The largest absolute Gasteiger partial charge is 0.368 e. The van der Waals surface area contributed by atoms with Crippen molar-refractivity contribution in [3.63, 3.8) is 0 Å². The van der Waals surface area contributed by atoms with E-state index in [-0.39, 0.29) is 0 Å². The molecule has 1 aliphatic carbocycles. The number of carbonyl (C=O) groups is 1. The molecule has 1 aromatic rings. The van der Waals surface area contributed by atoms with Crippen LogP contribution in [0, 0.1) is 0 Å². The quantitative estimate of drug-likeness (QED) is 0.615. The normalized spacial score (nSPS) is 28.5. The van der Waals surface area contributed by atoms with Crippen molar-refractivity contribution in [2.45, 2.75) is 95.3 Å². The van der Waals surface area contributed by atoms with Crippen LogP contribution in [0.2, 0.25) is 0 Å². The Morgan fingerprint density at radius 3 is 2.52 bits per heavy atom. The third-order valence-corrected chi connectivity index (χ3v) is 7.95. The summed E-state index contributed by atoms with van der Waals surface area (Å²) in [6.45, 7) is 9.37. The maximum Gasteiger partial charge on any atom is 0.222 e. The van der Waals surface area contributed by atoms with Crippen molar-refractivity contribution in [3.05, 3.63) is 48.7 Å². The molecule has 4 nitrogen and oxygen atoms in total. The van der Waals surface area contributed by atoms with Gasteiger partial charge in [0.1, 0.15) is 0 Å². The van der Waals surface area contributed by atoms with E-state index in [0.29, 0.717) is 30.5 Å². The fraction of sp³-hybridized carbons (Fsp3) is 0.667. The molecule has 1 saturated carbocycles. The van der Waals surface area contributed by atoms with E-state index in [1.807, 2.05) is 6.20 Å². The Labute approximate surface area is 189 Å². The van der Waals surface area contributed by atoms with Crippen LogP contribution in [0.25, 0.3) is 0 Å². The second-order valence-electron chi connectivity index (χ2n) is 9.90. The van der Waals surface area contributed by atoms with Crippen LogP contribution in [0.15, 0.2) is 43.1 Å². The molecule has 3 fully saturated rings. The van der Waals surface area contributed by atoms with E-state index in [4.69, 9.17) is 0 Å². The molecule has 1 amide bonds. The summed E-state index contributed by atoms with van der Waals surface area (Å²) in [6, 6.07) is 12.7. The molecule has 0 spiro atoms. The monoisotopic (exact) mass is 423 g/mol. The van der Waals surface area contributed by atoms with E-state index in [1.54, 1.807) is 0 Å². The molecule has 170 valence electrons. The smallest absolute Gasteiger partial charge is 0.222 e. The Balaban J connectivity index is 1.30. The fourth-order valence-electron chi connectivity index (χ4n) is 6.25. The zero-order valence-electron chi connectivity index (χ0n) is 19.4.